The summed E-state index contributed by atoms with van der Waals surface area (Å²) in [5, 5.41) is 7.31. The molecule has 8 heteroatoms. The SMILES string of the molecule is CCCCOC(=O)c1ccc(NC(=O)c2nn(-c3ccc(Cl)cc3)ccc2=O)cc1. The van der Waals surface area contributed by atoms with Gasteiger partial charge < -0.3 is 10.1 Å². The Morgan fingerprint density at radius 2 is 1.77 bits per heavy atom. The quantitative estimate of drug-likeness (QED) is 0.454. The van der Waals surface area contributed by atoms with Gasteiger partial charge in [-0.05, 0) is 55.0 Å². The number of carbonyl (C=O) groups excluding carboxylic acids is 2. The van der Waals surface area contributed by atoms with Crippen molar-refractivity contribution >= 4 is 29.2 Å². The molecule has 30 heavy (non-hydrogen) atoms. The van der Waals surface area contributed by atoms with Crippen LogP contribution in [0.2, 0.25) is 5.02 Å². The first-order chi connectivity index (χ1) is 14.5. The number of nitrogens with zero attached hydrogens (tertiary/aromatic N) is 2. The third-order valence-electron chi connectivity index (χ3n) is 4.22. The summed E-state index contributed by atoms with van der Waals surface area (Å²) < 4.78 is 6.57. The van der Waals surface area contributed by atoms with Crippen molar-refractivity contribution in [3.05, 3.63) is 87.3 Å². The number of anilines is 1. The molecular weight excluding hydrogens is 406 g/mol. The van der Waals surface area contributed by atoms with Gasteiger partial charge in [0.2, 0.25) is 5.43 Å². The molecule has 0 aliphatic rings. The van der Waals surface area contributed by atoms with Crippen molar-refractivity contribution in [1.29, 1.82) is 0 Å². The van der Waals surface area contributed by atoms with Gasteiger partial charge in [0.25, 0.3) is 5.91 Å². The summed E-state index contributed by atoms with van der Waals surface area (Å²) >= 11 is 5.89. The Morgan fingerprint density at radius 1 is 1.07 bits per heavy atom. The lowest BCUT2D eigenvalue weighted by Gasteiger charge is -2.09. The van der Waals surface area contributed by atoms with Crippen molar-refractivity contribution in [2.45, 2.75) is 19.8 Å². The van der Waals surface area contributed by atoms with Crippen LogP contribution in [0.3, 0.4) is 0 Å². The van der Waals surface area contributed by atoms with Crippen molar-refractivity contribution in [2.75, 3.05) is 11.9 Å². The Balaban J connectivity index is 1.73. The molecule has 0 unspecified atom stereocenters. The maximum Gasteiger partial charge on any atom is 0.338 e. The standard InChI is InChI=1S/C22H20ClN3O4/c1-2-3-14-30-22(29)15-4-8-17(9-5-15)24-21(28)20-19(27)12-13-26(25-20)18-10-6-16(23)7-11-18/h4-13H,2-3,14H2,1H3,(H,24,28). The summed E-state index contributed by atoms with van der Waals surface area (Å²) in [6, 6.07) is 14.3. The number of benzene rings is 2. The minimum Gasteiger partial charge on any atom is -0.462 e. The smallest absolute Gasteiger partial charge is 0.338 e. The Kier molecular flexibility index (Phi) is 6.98. The lowest BCUT2D eigenvalue weighted by Crippen LogP contribution is -2.25. The summed E-state index contributed by atoms with van der Waals surface area (Å²) in [5.74, 6) is -1.07. The van der Waals surface area contributed by atoms with E-state index in [1.54, 1.807) is 48.5 Å². The highest BCUT2D eigenvalue weighted by molar-refractivity contribution is 6.30. The van der Waals surface area contributed by atoms with Crippen LogP contribution >= 0.6 is 11.6 Å². The molecule has 0 spiro atoms. The molecule has 1 N–H and O–H groups in total. The van der Waals surface area contributed by atoms with E-state index in [1.807, 2.05) is 6.92 Å². The largest absolute Gasteiger partial charge is 0.462 e. The van der Waals surface area contributed by atoms with Crippen LogP contribution in [0.15, 0.2) is 65.6 Å². The van der Waals surface area contributed by atoms with Gasteiger partial charge in [-0.2, -0.15) is 5.10 Å². The summed E-state index contributed by atoms with van der Waals surface area (Å²) in [6.07, 6.45) is 3.21. The van der Waals surface area contributed by atoms with Crippen molar-refractivity contribution in [2.24, 2.45) is 0 Å². The van der Waals surface area contributed by atoms with Crippen LogP contribution in [0.1, 0.15) is 40.6 Å². The average molecular weight is 426 g/mol. The van der Waals surface area contributed by atoms with Gasteiger partial charge in [0.1, 0.15) is 0 Å². The Morgan fingerprint density at radius 3 is 2.43 bits per heavy atom. The lowest BCUT2D eigenvalue weighted by atomic mass is 10.2. The van der Waals surface area contributed by atoms with Gasteiger partial charge in [0, 0.05) is 23.0 Å². The molecule has 0 saturated carbocycles. The molecule has 0 aliphatic heterocycles. The van der Waals surface area contributed by atoms with Crippen LogP contribution in [-0.4, -0.2) is 28.3 Å². The van der Waals surface area contributed by atoms with Gasteiger partial charge in [-0.3, -0.25) is 9.59 Å². The molecule has 0 radical (unpaired) electrons. The zero-order valence-electron chi connectivity index (χ0n) is 16.3. The first-order valence-electron chi connectivity index (χ1n) is 9.42. The highest BCUT2D eigenvalue weighted by Crippen LogP contribution is 2.13. The fourth-order valence-electron chi connectivity index (χ4n) is 2.57. The van der Waals surface area contributed by atoms with Crippen LogP contribution in [0.4, 0.5) is 5.69 Å². The van der Waals surface area contributed by atoms with Gasteiger partial charge >= 0.3 is 5.97 Å². The number of halogens is 1. The van der Waals surface area contributed by atoms with Crippen LogP contribution in [0.5, 0.6) is 0 Å². The molecule has 3 rings (SSSR count). The fraction of sp³-hybridized carbons (Fsp3) is 0.182. The molecule has 7 nitrogen and oxygen atoms in total. The summed E-state index contributed by atoms with van der Waals surface area (Å²) in [4.78, 5) is 36.6. The monoisotopic (exact) mass is 425 g/mol. The number of amides is 1. The maximum absolute atomic E-state index is 12.6. The van der Waals surface area contributed by atoms with E-state index in [9.17, 15) is 14.4 Å². The number of rotatable bonds is 7. The number of nitrogens with one attached hydrogen (secondary N) is 1. The van der Waals surface area contributed by atoms with Gasteiger partial charge in [-0.1, -0.05) is 24.9 Å². The summed E-state index contributed by atoms with van der Waals surface area (Å²) in [6.45, 7) is 2.38. The zero-order valence-corrected chi connectivity index (χ0v) is 17.1. The third-order valence-corrected chi connectivity index (χ3v) is 4.48. The number of unbranched alkanes of at least 4 members (excludes halogenated alkanes) is 1. The Bertz CT molecular complexity index is 1090. The number of ether oxygens (including phenoxy) is 1. The topological polar surface area (TPSA) is 90.3 Å². The van der Waals surface area contributed by atoms with Crippen LogP contribution in [0.25, 0.3) is 5.69 Å². The molecule has 0 fully saturated rings. The third kappa shape index (κ3) is 5.33. The maximum atomic E-state index is 12.6. The van der Waals surface area contributed by atoms with E-state index in [-0.39, 0.29) is 5.69 Å². The number of esters is 1. The number of carbonyl (C=O) groups is 2. The molecule has 0 atom stereocenters. The van der Waals surface area contributed by atoms with Crippen molar-refractivity contribution in [3.63, 3.8) is 0 Å². The molecule has 1 heterocycles. The molecule has 0 aliphatic carbocycles. The Hall–Kier alpha value is -3.45. The summed E-state index contributed by atoms with van der Waals surface area (Å²) in [5.41, 5.74) is 0.698. The van der Waals surface area contributed by atoms with E-state index in [1.165, 1.54) is 16.9 Å². The molecular formula is C22H20ClN3O4. The van der Waals surface area contributed by atoms with Gasteiger partial charge in [-0.15, -0.1) is 0 Å². The number of hydrogen-bond donors (Lipinski definition) is 1. The van der Waals surface area contributed by atoms with Crippen molar-refractivity contribution < 1.29 is 14.3 Å². The lowest BCUT2D eigenvalue weighted by molar-refractivity contribution is 0.0499. The second kappa shape index (κ2) is 9.84. The predicted octanol–water partition coefficient (Wildman–Crippen LogP) is 4.10. The minimum atomic E-state index is -0.651. The van der Waals surface area contributed by atoms with Gasteiger partial charge in [0.05, 0.1) is 17.9 Å². The second-order valence-corrected chi connectivity index (χ2v) is 6.91. The van der Waals surface area contributed by atoms with Crippen LogP contribution in [0, 0.1) is 0 Å². The summed E-state index contributed by atoms with van der Waals surface area (Å²) in [7, 11) is 0. The molecule has 0 bridgehead atoms. The molecule has 1 aromatic heterocycles. The molecule has 3 aromatic rings. The highest BCUT2D eigenvalue weighted by atomic mass is 35.5. The van der Waals surface area contributed by atoms with E-state index in [2.05, 4.69) is 10.4 Å². The van der Waals surface area contributed by atoms with E-state index in [0.29, 0.717) is 28.6 Å². The molecule has 0 saturated heterocycles. The van der Waals surface area contributed by atoms with E-state index >= 15 is 0 Å². The van der Waals surface area contributed by atoms with Crippen molar-refractivity contribution in [1.82, 2.24) is 9.78 Å². The molecule has 2 aromatic carbocycles. The van der Waals surface area contributed by atoms with Gasteiger partial charge in [-0.25, -0.2) is 9.48 Å². The van der Waals surface area contributed by atoms with E-state index < -0.39 is 17.3 Å². The molecule has 1 amide bonds. The normalized spacial score (nSPS) is 10.5. The highest BCUT2D eigenvalue weighted by Gasteiger charge is 2.14. The predicted molar refractivity (Wildman–Crippen MR) is 114 cm³/mol. The number of hydrogen-bond acceptors (Lipinski definition) is 5. The first kappa shape index (κ1) is 21.3. The second-order valence-electron chi connectivity index (χ2n) is 6.47. The van der Waals surface area contributed by atoms with Gasteiger partial charge in [0.15, 0.2) is 5.69 Å². The number of aromatic nitrogens is 2. The van der Waals surface area contributed by atoms with Crippen molar-refractivity contribution in [3.8, 4) is 5.69 Å². The first-order valence-corrected chi connectivity index (χ1v) is 9.80. The van der Waals surface area contributed by atoms with Crippen LogP contribution in [-0.2, 0) is 4.74 Å². The Labute approximate surface area is 178 Å². The average Bonchev–Trinajstić information content (AvgIpc) is 2.75. The zero-order chi connectivity index (χ0) is 21.5. The van der Waals surface area contributed by atoms with Crippen LogP contribution < -0.4 is 10.7 Å². The van der Waals surface area contributed by atoms with E-state index in [4.69, 9.17) is 16.3 Å². The minimum absolute atomic E-state index is 0.254. The van der Waals surface area contributed by atoms with E-state index in [0.717, 1.165) is 12.8 Å². The fourth-order valence-corrected chi connectivity index (χ4v) is 2.70. The molecule has 154 valence electrons.